The molecule has 21 heavy (non-hydrogen) atoms. The fraction of sp³-hybridized carbons (Fsp3) is 0. The van der Waals surface area contributed by atoms with E-state index in [4.69, 9.17) is 0 Å². The fourth-order valence-corrected chi connectivity index (χ4v) is 2.16. The average molecular weight is 390 g/mol. The number of hydrogen-bond donors (Lipinski definition) is 1. The molecule has 3 rings (SSSR count). The van der Waals surface area contributed by atoms with Gasteiger partial charge in [-0.25, -0.2) is 4.68 Å². The van der Waals surface area contributed by atoms with Crippen LogP contribution in [0.2, 0.25) is 0 Å². The quantitative estimate of drug-likeness (QED) is 0.700. The third kappa shape index (κ3) is 3.27. The van der Waals surface area contributed by atoms with E-state index in [1.165, 1.54) is 0 Å². The number of para-hydroxylation sites is 1. The lowest BCUT2D eigenvalue weighted by Gasteiger charge is -2.02. The summed E-state index contributed by atoms with van der Waals surface area (Å²) in [5.41, 5.74) is 1.87. The van der Waals surface area contributed by atoms with E-state index in [9.17, 15) is 4.79 Å². The van der Waals surface area contributed by atoms with Crippen molar-refractivity contribution in [3.8, 4) is 5.69 Å². The smallest absolute Gasteiger partial charge is 0.277 e. The SMILES string of the molecule is O=C(Nc1ccc(I)cc1)c1cn(-c2ccccc2)nn1. The Balaban J connectivity index is 1.77. The first-order valence-corrected chi connectivity index (χ1v) is 7.35. The summed E-state index contributed by atoms with van der Waals surface area (Å²) in [4.78, 5) is 12.1. The van der Waals surface area contributed by atoms with Gasteiger partial charge in [0.2, 0.25) is 0 Å². The number of nitrogens with one attached hydrogen (secondary N) is 1. The van der Waals surface area contributed by atoms with Crippen LogP contribution >= 0.6 is 22.6 Å². The zero-order chi connectivity index (χ0) is 14.7. The van der Waals surface area contributed by atoms with Gasteiger partial charge in [0.15, 0.2) is 5.69 Å². The minimum absolute atomic E-state index is 0.275. The Morgan fingerprint density at radius 1 is 1.05 bits per heavy atom. The Kier molecular flexibility index (Phi) is 3.96. The van der Waals surface area contributed by atoms with Crippen molar-refractivity contribution >= 4 is 34.2 Å². The van der Waals surface area contributed by atoms with Gasteiger partial charge in [-0.05, 0) is 59.0 Å². The molecule has 0 bridgehead atoms. The third-order valence-electron chi connectivity index (χ3n) is 2.85. The highest BCUT2D eigenvalue weighted by atomic mass is 127. The molecule has 0 saturated heterocycles. The summed E-state index contributed by atoms with van der Waals surface area (Å²) in [6, 6.07) is 17.1. The second-order valence-electron chi connectivity index (χ2n) is 4.34. The van der Waals surface area contributed by atoms with E-state index in [1.807, 2.05) is 54.6 Å². The molecule has 0 aliphatic rings. The van der Waals surface area contributed by atoms with Gasteiger partial charge >= 0.3 is 0 Å². The number of amides is 1. The van der Waals surface area contributed by atoms with Crippen molar-refractivity contribution in [3.05, 3.63) is 70.1 Å². The number of aromatic nitrogens is 3. The lowest BCUT2D eigenvalue weighted by atomic mass is 10.3. The zero-order valence-corrected chi connectivity index (χ0v) is 13.1. The molecule has 2 aromatic carbocycles. The number of carbonyl (C=O) groups excluding carboxylic acids is 1. The normalized spacial score (nSPS) is 10.3. The molecule has 0 radical (unpaired) electrons. The van der Waals surface area contributed by atoms with E-state index >= 15 is 0 Å². The largest absolute Gasteiger partial charge is 0.321 e. The number of halogens is 1. The van der Waals surface area contributed by atoms with Gasteiger partial charge in [-0.2, -0.15) is 0 Å². The molecule has 0 fully saturated rings. The van der Waals surface area contributed by atoms with Gasteiger partial charge in [-0.1, -0.05) is 23.4 Å². The number of nitrogens with zero attached hydrogens (tertiary/aromatic N) is 3. The summed E-state index contributed by atoms with van der Waals surface area (Å²) in [5.74, 6) is -0.279. The first kappa shape index (κ1) is 13.7. The Hall–Kier alpha value is -2.22. The molecule has 0 spiro atoms. The summed E-state index contributed by atoms with van der Waals surface area (Å²) in [7, 11) is 0. The van der Waals surface area contributed by atoms with Gasteiger partial charge in [0.05, 0.1) is 11.9 Å². The van der Waals surface area contributed by atoms with E-state index in [0.29, 0.717) is 0 Å². The van der Waals surface area contributed by atoms with Gasteiger partial charge < -0.3 is 5.32 Å². The van der Waals surface area contributed by atoms with Crippen LogP contribution in [0.15, 0.2) is 60.8 Å². The standard InChI is InChI=1S/C15H11IN4O/c16-11-6-8-12(9-7-11)17-15(21)14-10-20(19-18-14)13-4-2-1-3-5-13/h1-10H,(H,17,21). The summed E-state index contributed by atoms with van der Waals surface area (Å²) in [6.07, 6.45) is 1.61. The zero-order valence-electron chi connectivity index (χ0n) is 10.9. The van der Waals surface area contributed by atoms with Crippen molar-refractivity contribution < 1.29 is 4.79 Å². The topological polar surface area (TPSA) is 59.8 Å². The van der Waals surface area contributed by atoms with E-state index < -0.39 is 0 Å². The number of anilines is 1. The maximum absolute atomic E-state index is 12.1. The molecule has 1 amide bonds. The number of benzene rings is 2. The predicted molar refractivity (Wildman–Crippen MR) is 88.5 cm³/mol. The number of hydrogen-bond acceptors (Lipinski definition) is 3. The highest BCUT2D eigenvalue weighted by molar-refractivity contribution is 14.1. The van der Waals surface area contributed by atoms with Crippen LogP contribution in [0.1, 0.15) is 10.5 Å². The van der Waals surface area contributed by atoms with Crippen LogP contribution in [0.25, 0.3) is 5.69 Å². The molecule has 5 nitrogen and oxygen atoms in total. The molecule has 6 heteroatoms. The summed E-state index contributed by atoms with van der Waals surface area (Å²) in [5, 5.41) is 10.7. The molecule has 0 aliphatic carbocycles. The van der Waals surface area contributed by atoms with Gasteiger partial charge in [0.25, 0.3) is 5.91 Å². The van der Waals surface area contributed by atoms with Crippen LogP contribution in [-0.2, 0) is 0 Å². The van der Waals surface area contributed by atoms with E-state index in [1.54, 1.807) is 10.9 Å². The molecule has 0 saturated carbocycles. The highest BCUT2D eigenvalue weighted by Crippen LogP contribution is 2.12. The fourth-order valence-electron chi connectivity index (χ4n) is 1.80. The van der Waals surface area contributed by atoms with Gasteiger partial charge in [-0.15, -0.1) is 5.10 Å². The Morgan fingerprint density at radius 2 is 1.76 bits per heavy atom. The van der Waals surface area contributed by atoms with Crippen LogP contribution in [0.3, 0.4) is 0 Å². The molecule has 3 aromatic rings. The third-order valence-corrected chi connectivity index (χ3v) is 3.57. The predicted octanol–water partition coefficient (Wildman–Crippen LogP) is 3.12. The maximum Gasteiger partial charge on any atom is 0.277 e. The molecule has 0 aliphatic heterocycles. The molecular weight excluding hydrogens is 379 g/mol. The van der Waals surface area contributed by atoms with Crippen molar-refractivity contribution in [2.75, 3.05) is 5.32 Å². The van der Waals surface area contributed by atoms with Gasteiger partial charge in [-0.3, -0.25) is 4.79 Å². The van der Waals surface area contributed by atoms with Gasteiger partial charge in [0.1, 0.15) is 0 Å². The molecule has 1 heterocycles. The first-order chi connectivity index (χ1) is 10.2. The lowest BCUT2D eigenvalue weighted by molar-refractivity contribution is 0.102. The van der Waals surface area contributed by atoms with Crippen LogP contribution in [0, 0.1) is 3.57 Å². The minimum Gasteiger partial charge on any atom is -0.321 e. The van der Waals surface area contributed by atoms with Crippen molar-refractivity contribution in [2.45, 2.75) is 0 Å². The molecule has 1 N–H and O–H groups in total. The van der Waals surface area contributed by atoms with E-state index in [2.05, 4.69) is 38.2 Å². The monoisotopic (exact) mass is 390 g/mol. The second kappa shape index (κ2) is 6.04. The van der Waals surface area contributed by atoms with Crippen LogP contribution in [-0.4, -0.2) is 20.9 Å². The molecule has 104 valence electrons. The Bertz CT molecular complexity index is 753. The average Bonchev–Trinajstić information content (AvgIpc) is 3.00. The second-order valence-corrected chi connectivity index (χ2v) is 5.59. The summed E-state index contributed by atoms with van der Waals surface area (Å²) in [6.45, 7) is 0. The molecular formula is C15H11IN4O. The summed E-state index contributed by atoms with van der Waals surface area (Å²) < 4.78 is 2.68. The maximum atomic E-state index is 12.1. The van der Waals surface area contributed by atoms with Crippen LogP contribution in [0.5, 0.6) is 0 Å². The van der Waals surface area contributed by atoms with Crippen molar-refractivity contribution in [1.29, 1.82) is 0 Å². The lowest BCUT2D eigenvalue weighted by Crippen LogP contribution is -2.12. The molecule has 0 atom stereocenters. The Labute approximate surface area is 135 Å². The number of rotatable bonds is 3. The van der Waals surface area contributed by atoms with Crippen LogP contribution in [0.4, 0.5) is 5.69 Å². The van der Waals surface area contributed by atoms with Crippen molar-refractivity contribution in [3.63, 3.8) is 0 Å². The highest BCUT2D eigenvalue weighted by Gasteiger charge is 2.11. The van der Waals surface area contributed by atoms with E-state index in [-0.39, 0.29) is 11.6 Å². The van der Waals surface area contributed by atoms with Gasteiger partial charge in [0, 0.05) is 9.26 Å². The Morgan fingerprint density at radius 3 is 2.48 bits per heavy atom. The van der Waals surface area contributed by atoms with Crippen LogP contribution < -0.4 is 5.32 Å². The first-order valence-electron chi connectivity index (χ1n) is 6.27. The van der Waals surface area contributed by atoms with E-state index in [0.717, 1.165) is 14.9 Å². The molecule has 1 aromatic heterocycles. The van der Waals surface area contributed by atoms with Crippen molar-refractivity contribution in [1.82, 2.24) is 15.0 Å². The molecule has 0 unspecified atom stereocenters. The minimum atomic E-state index is -0.279. The number of carbonyl (C=O) groups is 1. The van der Waals surface area contributed by atoms with Crippen molar-refractivity contribution in [2.24, 2.45) is 0 Å². The summed E-state index contributed by atoms with van der Waals surface area (Å²) >= 11 is 2.21.